The molecule has 0 saturated heterocycles. The van der Waals surface area contributed by atoms with Gasteiger partial charge >= 0.3 is 0 Å². The van der Waals surface area contributed by atoms with Crippen LogP contribution < -0.4 is 5.14 Å². The van der Waals surface area contributed by atoms with Crippen LogP contribution in [0.25, 0.3) is 11.5 Å². The number of primary sulfonamides is 1. The molecule has 2 rings (SSSR count). The normalized spacial score (nSPS) is 11.7. The van der Waals surface area contributed by atoms with Crippen molar-refractivity contribution in [3.8, 4) is 11.5 Å². The lowest BCUT2D eigenvalue weighted by Gasteiger charge is -1.98. The fourth-order valence-electron chi connectivity index (χ4n) is 1.30. The number of hydrogen-bond acceptors (Lipinski definition) is 6. The summed E-state index contributed by atoms with van der Waals surface area (Å²) in [7, 11) is -3.68. The third kappa shape index (κ3) is 2.89. The molecule has 0 aliphatic heterocycles. The predicted octanol–water partition coefficient (Wildman–Crippen LogP) is 1.50. The van der Waals surface area contributed by atoms with E-state index in [9.17, 15) is 8.42 Å². The van der Waals surface area contributed by atoms with E-state index in [1.807, 2.05) is 6.92 Å². The van der Waals surface area contributed by atoms with E-state index in [1.165, 1.54) is 23.9 Å². The molecule has 0 fully saturated rings. The van der Waals surface area contributed by atoms with Crippen LogP contribution >= 0.6 is 11.8 Å². The number of benzene rings is 1. The van der Waals surface area contributed by atoms with Crippen molar-refractivity contribution < 1.29 is 12.8 Å². The third-order valence-corrected chi connectivity index (χ3v) is 3.73. The summed E-state index contributed by atoms with van der Waals surface area (Å²) in [6, 6.07) is 5.96. The van der Waals surface area contributed by atoms with E-state index in [2.05, 4.69) is 10.2 Å². The molecule has 0 amide bonds. The van der Waals surface area contributed by atoms with Gasteiger partial charge in [-0.15, -0.1) is 10.2 Å². The second-order valence-electron chi connectivity index (χ2n) is 3.38. The standard InChI is InChI=1S/C10H11N3O3S2/c1-2-17-10-13-12-9(16-10)7-3-5-8(6-4-7)18(11,14)15/h3-6H,2H2,1H3,(H2,11,14,15). The van der Waals surface area contributed by atoms with Crippen molar-refractivity contribution in [2.75, 3.05) is 5.75 Å². The molecule has 1 aromatic heterocycles. The molecule has 2 aromatic rings. The molecule has 1 aromatic carbocycles. The highest BCUT2D eigenvalue weighted by Crippen LogP contribution is 2.23. The van der Waals surface area contributed by atoms with Gasteiger partial charge in [-0.25, -0.2) is 13.6 Å². The lowest BCUT2D eigenvalue weighted by atomic mass is 10.2. The van der Waals surface area contributed by atoms with E-state index in [-0.39, 0.29) is 4.90 Å². The second-order valence-corrected chi connectivity index (χ2v) is 6.15. The van der Waals surface area contributed by atoms with Gasteiger partial charge < -0.3 is 4.42 Å². The fourth-order valence-corrected chi connectivity index (χ4v) is 2.29. The highest BCUT2D eigenvalue weighted by Gasteiger charge is 2.11. The van der Waals surface area contributed by atoms with E-state index in [1.54, 1.807) is 12.1 Å². The molecule has 0 aliphatic rings. The van der Waals surface area contributed by atoms with Gasteiger partial charge in [-0.05, 0) is 30.0 Å². The Morgan fingerprint density at radius 1 is 1.28 bits per heavy atom. The summed E-state index contributed by atoms with van der Waals surface area (Å²) in [6.07, 6.45) is 0. The fraction of sp³-hybridized carbons (Fsp3) is 0.200. The first-order valence-corrected chi connectivity index (χ1v) is 7.63. The van der Waals surface area contributed by atoms with Gasteiger partial charge in [-0.1, -0.05) is 18.7 Å². The van der Waals surface area contributed by atoms with Gasteiger partial charge in [0, 0.05) is 5.56 Å². The second kappa shape index (κ2) is 5.09. The van der Waals surface area contributed by atoms with Crippen LogP contribution in [0.2, 0.25) is 0 Å². The summed E-state index contributed by atoms with van der Waals surface area (Å²) >= 11 is 1.44. The Morgan fingerprint density at radius 2 is 1.94 bits per heavy atom. The maximum Gasteiger partial charge on any atom is 0.276 e. The lowest BCUT2D eigenvalue weighted by Crippen LogP contribution is -2.11. The minimum Gasteiger partial charge on any atom is -0.411 e. The molecule has 0 spiro atoms. The number of nitrogens with two attached hydrogens (primary N) is 1. The molecule has 6 nitrogen and oxygen atoms in total. The van der Waals surface area contributed by atoms with Crippen molar-refractivity contribution in [3.63, 3.8) is 0 Å². The highest BCUT2D eigenvalue weighted by molar-refractivity contribution is 7.99. The number of thioether (sulfide) groups is 1. The molecule has 96 valence electrons. The molecular weight excluding hydrogens is 274 g/mol. The summed E-state index contributed by atoms with van der Waals surface area (Å²) in [5.74, 6) is 1.19. The monoisotopic (exact) mass is 285 g/mol. The van der Waals surface area contributed by atoms with Crippen LogP contribution in [0, 0.1) is 0 Å². The Bertz CT molecular complexity index is 635. The number of rotatable bonds is 4. The molecule has 0 atom stereocenters. The summed E-state index contributed by atoms with van der Waals surface area (Å²) in [6.45, 7) is 1.98. The first kappa shape index (κ1) is 13.1. The average Bonchev–Trinajstić information content (AvgIpc) is 2.77. The smallest absolute Gasteiger partial charge is 0.276 e. The Kier molecular flexibility index (Phi) is 3.69. The van der Waals surface area contributed by atoms with Crippen LogP contribution in [0.4, 0.5) is 0 Å². The molecule has 8 heteroatoms. The van der Waals surface area contributed by atoms with Crippen molar-refractivity contribution in [1.82, 2.24) is 10.2 Å². The van der Waals surface area contributed by atoms with E-state index in [4.69, 9.17) is 9.56 Å². The summed E-state index contributed by atoms with van der Waals surface area (Å²) in [4.78, 5) is 0.0499. The van der Waals surface area contributed by atoms with E-state index >= 15 is 0 Å². The van der Waals surface area contributed by atoms with E-state index in [0.717, 1.165) is 5.75 Å². The van der Waals surface area contributed by atoms with Crippen molar-refractivity contribution in [1.29, 1.82) is 0 Å². The highest BCUT2D eigenvalue weighted by atomic mass is 32.2. The van der Waals surface area contributed by atoms with Gasteiger partial charge in [0.25, 0.3) is 5.22 Å². The first-order valence-electron chi connectivity index (χ1n) is 5.10. The molecule has 0 radical (unpaired) electrons. The topological polar surface area (TPSA) is 99.1 Å². The molecule has 2 N–H and O–H groups in total. The van der Waals surface area contributed by atoms with Crippen molar-refractivity contribution in [3.05, 3.63) is 24.3 Å². The third-order valence-electron chi connectivity index (χ3n) is 2.10. The number of hydrogen-bond donors (Lipinski definition) is 1. The molecule has 0 saturated carbocycles. The van der Waals surface area contributed by atoms with E-state index < -0.39 is 10.0 Å². The van der Waals surface area contributed by atoms with Crippen molar-refractivity contribution in [2.24, 2.45) is 5.14 Å². The van der Waals surface area contributed by atoms with Crippen LogP contribution in [-0.4, -0.2) is 24.4 Å². The van der Waals surface area contributed by atoms with Crippen LogP contribution in [0.3, 0.4) is 0 Å². The maximum absolute atomic E-state index is 11.1. The molecule has 1 heterocycles. The maximum atomic E-state index is 11.1. The molecule has 18 heavy (non-hydrogen) atoms. The van der Waals surface area contributed by atoms with E-state index in [0.29, 0.717) is 16.7 Å². The summed E-state index contributed by atoms with van der Waals surface area (Å²) in [5, 5.41) is 13.2. The zero-order valence-corrected chi connectivity index (χ0v) is 11.2. The molecular formula is C10H11N3O3S2. The zero-order valence-electron chi connectivity index (χ0n) is 9.53. The van der Waals surface area contributed by atoms with Crippen molar-refractivity contribution >= 4 is 21.8 Å². The minimum atomic E-state index is -3.68. The van der Waals surface area contributed by atoms with Crippen LogP contribution in [0.5, 0.6) is 0 Å². The number of aromatic nitrogens is 2. The van der Waals surface area contributed by atoms with Gasteiger partial charge in [0.1, 0.15) is 0 Å². The van der Waals surface area contributed by atoms with Gasteiger partial charge in [0.2, 0.25) is 15.9 Å². The quantitative estimate of drug-likeness (QED) is 0.854. The number of sulfonamides is 1. The predicted molar refractivity (Wildman–Crippen MR) is 67.5 cm³/mol. The average molecular weight is 285 g/mol. The van der Waals surface area contributed by atoms with Gasteiger partial charge in [-0.2, -0.15) is 0 Å². The molecule has 0 bridgehead atoms. The van der Waals surface area contributed by atoms with Gasteiger partial charge in [0.15, 0.2) is 0 Å². The largest absolute Gasteiger partial charge is 0.411 e. The van der Waals surface area contributed by atoms with Gasteiger partial charge in [0.05, 0.1) is 4.90 Å². The Labute approximate surface area is 109 Å². The first-order chi connectivity index (χ1) is 8.50. The lowest BCUT2D eigenvalue weighted by molar-refractivity contribution is 0.466. The Morgan fingerprint density at radius 3 is 2.50 bits per heavy atom. The summed E-state index contributed by atoms with van der Waals surface area (Å²) in [5.41, 5.74) is 0.651. The number of nitrogens with zero attached hydrogens (tertiary/aromatic N) is 2. The Balaban J connectivity index is 2.28. The zero-order chi connectivity index (χ0) is 13.2. The van der Waals surface area contributed by atoms with Crippen LogP contribution in [0.15, 0.2) is 38.8 Å². The van der Waals surface area contributed by atoms with Crippen molar-refractivity contribution in [2.45, 2.75) is 17.0 Å². The van der Waals surface area contributed by atoms with Gasteiger partial charge in [-0.3, -0.25) is 0 Å². The molecule has 0 unspecified atom stereocenters. The molecule has 0 aliphatic carbocycles. The van der Waals surface area contributed by atoms with Crippen LogP contribution in [0.1, 0.15) is 6.92 Å². The van der Waals surface area contributed by atoms with Crippen LogP contribution in [-0.2, 0) is 10.0 Å². The summed E-state index contributed by atoms with van der Waals surface area (Å²) < 4.78 is 27.6. The minimum absolute atomic E-state index is 0.0499. The SMILES string of the molecule is CCSc1nnc(-c2ccc(S(N)(=O)=O)cc2)o1. The Hall–Kier alpha value is -1.38.